The van der Waals surface area contributed by atoms with Crippen LogP contribution in [0.3, 0.4) is 0 Å². The Balaban J connectivity index is 2.06. The molecule has 0 spiro atoms. The monoisotopic (exact) mass is 229 g/mol. The third kappa shape index (κ3) is 1.41. The number of hydrogen-bond donors (Lipinski definition) is 1. The molecule has 0 aromatic heterocycles. The van der Waals surface area contributed by atoms with Gasteiger partial charge in [-0.1, -0.05) is 45.0 Å². The summed E-state index contributed by atoms with van der Waals surface area (Å²) in [6.45, 7) is 7.20. The summed E-state index contributed by atoms with van der Waals surface area (Å²) in [5.41, 5.74) is 3.54. The molecule has 17 heavy (non-hydrogen) atoms. The lowest BCUT2D eigenvalue weighted by molar-refractivity contribution is 0.0492. The van der Waals surface area contributed by atoms with Crippen molar-refractivity contribution < 1.29 is 0 Å². The van der Waals surface area contributed by atoms with Gasteiger partial charge in [0.15, 0.2) is 0 Å². The van der Waals surface area contributed by atoms with E-state index in [0.717, 1.165) is 17.8 Å². The minimum atomic E-state index is 0.340. The summed E-state index contributed by atoms with van der Waals surface area (Å²) in [4.78, 5) is 0. The Morgan fingerprint density at radius 2 is 1.94 bits per heavy atom. The molecule has 1 nitrogen and oxygen atoms in total. The van der Waals surface area contributed by atoms with Crippen LogP contribution in [-0.4, -0.2) is 13.1 Å². The highest BCUT2D eigenvalue weighted by Gasteiger charge is 2.53. The normalized spacial score (nSPS) is 37.9. The highest BCUT2D eigenvalue weighted by molar-refractivity contribution is 5.42. The van der Waals surface area contributed by atoms with Crippen LogP contribution in [0.15, 0.2) is 24.3 Å². The average Bonchev–Trinajstić information content (AvgIpc) is 2.29. The van der Waals surface area contributed by atoms with Crippen LogP contribution in [0, 0.1) is 11.8 Å². The molecule has 1 saturated carbocycles. The molecule has 2 aliphatic carbocycles. The lowest BCUT2D eigenvalue weighted by Crippen LogP contribution is -2.58. The predicted octanol–water partition coefficient (Wildman–Crippen LogP) is 3.31. The van der Waals surface area contributed by atoms with Gasteiger partial charge in [-0.25, -0.2) is 0 Å². The number of benzene rings is 1. The van der Waals surface area contributed by atoms with E-state index in [0.29, 0.717) is 11.5 Å². The van der Waals surface area contributed by atoms with Crippen molar-refractivity contribution in [2.75, 3.05) is 7.05 Å². The Bertz CT molecular complexity index is 435. The molecule has 0 radical (unpaired) electrons. The largest absolute Gasteiger partial charge is 0.316 e. The first-order valence-electron chi connectivity index (χ1n) is 6.83. The molecular formula is C16H23N. The summed E-state index contributed by atoms with van der Waals surface area (Å²) in [6.07, 6.45) is 1.32. The Kier molecular flexibility index (Phi) is 2.38. The van der Waals surface area contributed by atoms with E-state index in [4.69, 9.17) is 0 Å². The second-order valence-electron chi connectivity index (χ2n) is 6.54. The van der Waals surface area contributed by atoms with E-state index >= 15 is 0 Å². The van der Waals surface area contributed by atoms with Gasteiger partial charge in [-0.2, -0.15) is 0 Å². The molecule has 1 fully saturated rings. The Labute approximate surface area is 105 Å². The van der Waals surface area contributed by atoms with Crippen molar-refractivity contribution in [3.8, 4) is 0 Å². The lowest BCUT2D eigenvalue weighted by atomic mass is 9.50. The molecule has 1 aromatic rings. The molecule has 0 bridgehead atoms. The lowest BCUT2D eigenvalue weighted by Gasteiger charge is -2.57. The van der Waals surface area contributed by atoms with Crippen LogP contribution < -0.4 is 5.32 Å². The molecule has 1 N–H and O–H groups in total. The zero-order valence-corrected chi connectivity index (χ0v) is 11.3. The van der Waals surface area contributed by atoms with E-state index in [2.05, 4.69) is 57.4 Å². The molecule has 4 atom stereocenters. The van der Waals surface area contributed by atoms with Gasteiger partial charge in [0, 0.05) is 6.04 Å². The molecule has 1 heteroatoms. The molecule has 0 amide bonds. The fourth-order valence-corrected chi connectivity index (χ4v) is 4.43. The summed E-state index contributed by atoms with van der Waals surface area (Å²) >= 11 is 0. The van der Waals surface area contributed by atoms with Gasteiger partial charge in [-0.05, 0) is 47.8 Å². The molecule has 0 saturated heterocycles. The van der Waals surface area contributed by atoms with Crippen LogP contribution in [0.2, 0.25) is 0 Å². The predicted molar refractivity (Wildman–Crippen MR) is 72.3 cm³/mol. The number of rotatable bonds is 1. The van der Waals surface area contributed by atoms with E-state index in [-0.39, 0.29) is 0 Å². The van der Waals surface area contributed by atoms with E-state index in [1.165, 1.54) is 6.42 Å². The van der Waals surface area contributed by atoms with Gasteiger partial charge < -0.3 is 5.32 Å². The van der Waals surface area contributed by atoms with Gasteiger partial charge in [-0.15, -0.1) is 0 Å². The van der Waals surface area contributed by atoms with Crippen LogP contribution in [0.25, 0.3) is 0 Å². The maximum absolute atomic E-state index is 3.52. The van der Waals surface area contributed by atoms with E-state index in [1.807, 2.05) is 0 Å². The van der Waals surface area contributed by atoms with Gasteiger partial charge in [0.2, 0.25) is 0 Å². The van der Waals surface area contributed by atoms with Crippen molar-refractivity contribution in [3.63, 3.8) is 0 Å². The second-order valence-corrected chi connectivity index (χ2v) is 6.54. The first-order valence-corrected chi connectivity index (χ1v) is 6.83. The minimum absolute atomic E-state index is 0.340. The fraction of sp³-hybridized carbons (Fsp3) is 0.625. The summed E-state index contributed by atoms with van der Waals surface area (Å²) in [5.74, 6) is 2.40. The molecule has 0 heterocycles. The van der Waals surface area contributed by atoms with Crippen LogP contribution >= 0.6 is 0 Å². The number of hydrogen-bond acceptors (Lipinski definition) is 1. The van der Waals surface area contributed by atoms with Crippen molar-refractivity contribution in [2.45, 2.75) is 44.6 Å². The summed E-state index contributed by atoms with van der Waals surface area (Å²) < 4.78 is 0. The molecule has 4 unspecified atom stereocenters. The van der Waals surface area contributed by atoms with Crippen LogP contribution in [-0.2, 0) is 5.41 Å². The van der Waals surface area contributed by atoms with Gasteiger partial charge in [0.25, 0.3) is 0 Å². The van der Waals surface area contributed by atoms with Crippen LogP contribution in [0.5, 0.6) is 0 Å². The maximum atomic E-state index is 3.52. The first-order chi connectivity index (χ1) is 8.06. The zero-order valence-electron chi connectivity index (χ0n) is 11.3. The molecular weight excluding hydrogens is 206 g/mol. The fourth-order valence-electron chi connectivity index (χ4n) is 4.43. The van der Waals surface area contributed by atoms with Gasteiger partial charge in [0.05, 0.1) is 0 Å². The van der Waals surface area contributed by atoms with Crippen LogP contribution in [0.1, 0.15) is 44.2 Å². The van der Waals surface area contributed by atoms with E-state index in [1.54, 1.807) is 11.1 Å². The average molecular weight is 229 g/mol. The number of nitrogens with one attached hydrogen (secondary N) is 1. The molecule has 1 aromatic carbocycles. The van der Waals surface area contributed by atoms with Crippen molar-refractivity contribution in [2.24, 2.45) is 11.8 Å². The quantitative estimate of drug-likeness (QED) is 0.779. The first kappa shape index (κ1) is 11.3. The molecule has 92 valence electrons. The van der Waals surface area contributed by atoms with Crippen LogP contribution in [0.4, 0.5) is 0 Å². The van der Waals surface area contributed by atoms with E-state index in [9.17, 15) is 0 Å². The highest BCUT2D eigenvalue weighted by atomic mass is 14.9. The Morgan fingerprint density at radius 1 is 1.24 bits per heavy atom. The molecule has 2 aliphatic rings. The topological polar surface area (TPSA) is 12.0 Å². The summed E-state index contributed by atoms with van der Waals surface area (Å²) in [6, 6.07) is 9.81. The number of fused-ring (bicyclic) bond motifs is 3. The standard InChI is InChI=1S/C16H23N/c1-10-14-11-7-5-6-8-13(11)16(2,3)9-12(14)15(10)17-4/h5-8,10,12,14-15,17H,9H2,1-4H3. The van der Waals surface area contributed by atoms with Gasteiger partial charge in [-0.3, -0.25) is 0 Å². The zero-order chi connectivity index (χ0) is 12.2. The van der Waals surface area contributed by atoms with Gasteiger partial charge >= 0.3 is 0 Å². The third-order valence-corrected chi connectivity index (χ3v) is 5.18. The Morgan fingerprint density at radius 3 is 2.65 bits per heavy atom. The van der Waals surface area contributed by atoms with Crippen molar-refractivity contribution in [1.82, 2.24) is 5.32 Å². The SMILES string of the molecule is CNC1C(C)C2c3ccccc3C(C)(C)CC12. The molecule has 3 rings (SSSR count). The maximum Gasteiger partial charge on any atom is 0.0130 e. The smallest absolute Gasteiger partial charge is 0.0130 e. The summed E-state index contributed by atoms with van der Waals surface area (Å²) in [7, 11) is 2.12. The minimum Gasteiger partial charge on any atom is -0.316 e. The molecule has 0 aliphatic heterocycles. The Hall–Kier alpha value is -0.820. The van der Waals surface area contributed by atoms with Crippen molar-refractivity contribution in [1.29, 1.82) is 0 Å². The van der Waals surface area contributed by atoms with E-state index < -0.39 is 0 Å². The highest BCUT2D eigenvalue weighted by Crippen LogP contribution is 2.57. The van der Waals surface area contributed by atoms with Gasteiger partial charge in [0.1, 0.15) is 0 Å². The summed E-state index contributed by atoms with van der Waals surface area (Å²) in [5, 5.41) is 3.52. The third-order valence-electron chi connectivity index (χ3n) is 5.18. The van der Waals surface area contributed by atoms with Crippen molar-refractivity contribution >= 4 is 0 Å². The van der Waals surface area contributed by atoms with Crippen molar-refractivity contribution in [3.05, 3.63) is 35.4 Å². The second kappa shape index (κ2) is 3.58.